The van der Waals surface area contributed by atoms with E-state index in [1.165, 1.54) is 6.07 Å². The number of amidine groups is 1. The summed E-state index contributed by atoms with van der Waals surface area (Å²) in [6.45, 7) is 1.71. The minimum absolute atomic E-state index is 0.143. The lowest BCUT2D eigenvalue weighted by Crippen LogP contribution is -2.20. The fourth-order valence-electron chi connectivity index (χ4n) is 2.03. The number of halogens is 1. The van der Waals surface area contributed by atoms with Gasteiger partial charge in [-0.05, 0) is 18.2 Å². The highest BCUT2D eigenvalue weighted by molar-refractivity contribution is 6.01. The summed E-state index contributed by atoms with van der Waals surface area (Å²) in [4.78, 5) is 8.55. The number of aliphatic imine (C=N–C) groups is 1. The van der Waals surface area contributed by atoms with Crippen molar-refractivity contribution in [2.45, 2.75) is 6.61 Å². The molecule has 102 valence electrons. The van der Waals surface area contributed by atoms with Crippen molar-refractivity contribution < 1.29 is 9.13 Å². The first kappa shape index (κ1) is 12.6. The highest BCUT2D eigenvalue weighted by Gasteiger charge is 2.14. The Morgan fingerprint density at radius 1 is 1.20 bits per heavy atom. The van der Waals surface area contributed by atoms with E-state index in [-0.39, 0.29) is 12.4 Å². The Bertz CT molecular complexity index is 643. The number of nitrogens with zero attached hydrogens (tertiary/aromatic N) is 2. The SMILES string of the molecule is Fc1ccccc1COc1ncccc1C1=NCCN1. The van der Waals surface area contributed by atoms with Crippen molar-refractivity contribution in [3.63, 3.8) is 0 Å². The average Bonchev–Trinajstić information content (AvgIpc) is 3.01. The van der Waals surface area contributed by atoms with Crippen LogP contribution in [-0.4, -0.2) is 23.9 Å². The predicted molar refractivity (Wildman–Crippen MR) is 74.4 cm³/mol. The summed E-state index contributed by atoms with van der Waals surface area (Å²) >= 11 is 0. The molecule has 20 heavy (non-hydrogen) atoms. The number of aromatic nitrogens is 1. The van der Waals surface area contributed by atoms with Crippen molar-refractivity contribution in [2.75, 3.05) is 13.1 Å². The molecular weight excluding hydrogens is 257 g/mol. The van der Waals surface area contributed by atoms with E-state index < -0.39 is 0 Å². The number of pyridine rings is 1. The summed E-state index contributed by atoms with van der Waals surface area (Å²) in [5, 5.41) is 3.18. The van der Waals surface area contributed by atoms with Crippen molar-refractivity contribution in [3.05, 3.63) is 59.5 Å². The van der Waals surface area contributed by atoms with Crippen molar-refractivity contribution in [3.8, 4) is 5.88 Å². The van der Waals surface area contributed by atoms with Gasteiger partial charge in [-0.25, -0.2) is 9.37 Å². The van der Waals surface area contributed by atoms with E-state index in [9.17, 15) is 4.39 Å². The molecule has 0 atom stereocenters. The smallest absolute Gasteiger partial charge is 0.224 e. The maximum Gasteiger partial charge on any atom is 0.224 e. The zero-order chi connectivity index (χ0) is 13.8. The number of ether oxygens (including phenoxy) is 1. The third-order valence-electron chi connectivity index (χ3n) is 3.02. The molecule has 0 bridgehead atoms. The molecule has 5 heteroatoms. The van der Waals surface area contributed by atoms with Gasteiger partial charge in [0.2, 0.25) is 5.88 Å². The first-order chi connectivity index (χ1) is 9.84. The fourth-order valence-corrected chi connectivity index (χ4v) is 2.03. The van der Waals surface area contributed by atoms with Gasteiger partial charge in [-0.1, -0.05) is 18.2 Å². The Morgan fingerprint density at radius 3 is 2.90 bits per heavy atom. The van der Waals surface area contributed by atoms with Gasteiger partial charge in [0.15, 0.2) is 0 Å². The topological polar surface area (TPSA) is 46.5 Å². The molecule has 2 aromatic rings. The highest BCUT2D eigenvalue weighted by atomic mass is 19.1. The van der Waals surface area contributed by atoms with E-state index in [4.69, 9.17) is 4.74 Å². The molecule has 1 N–H and O–H groups in total. The van der Waals surface area contributed by atoms with Crippen LogP contribution in [0.1, 0.15) is 11.1 Å². The third-order valence-corrected chi connectivity index (χ3v) is 3.02. The lowest BCUT2D eigenvalue weighted by Gasteiger charge is -2.10. The lowest BCUT2D eigenvalue weighted by molar-refractivity contribution is 0.287. The molecule has 0 saturated carbocycles. The van der Waals surface area contributed by atoms with Crippen LogP contribution in [0.2, 0.25) is 0 Å². The molecule has 1 aromatic carbocycles. The largest absolute Gasteiger partial charge is 0.472 e. The predicted octanol–water partition coefficient (Wildman–Crippen LogP) is 2.15. The maximum atomic E-state index is 13.6. The first-order valence-corrected chi connectivity index (χ1v) is 6.44. The van der Waals surface area contributed by atoms with Crippen molar-refractivity contribution in [2.24, 2.45) is 4.99 Å². The van der Waals surface area contributed by atoms with E-state index in [1.54, 1.807) is 24.4 Å². The van der Waals surface area contributed by atoms with Crippen LogP contribution in [0.5, 0.6) is 5.88 Å². The van der Waals surface area contributed by atoms with Crippen LogP contribution in [0.25, 0.3) is 0 Å². The Morgan fingerprint density at radius 2 is 2.10 bits per heavy atom. The standard InChI is InChI=1S/C15H14FN3O/c16-13-6-2-1-4-11(13)10-20-15-12(5-3-7-19-15)14-17-8-9-18-14/h1-7H,8-10H2,(H,17,18). The average molecular weight is 271 g/mol. The molecule has 1 aliphatic rings. The summed E-state index contributed by atoms with van der Waals surface area (Å²) in [6.07, 6.45) is 1.65. The molecule has 3 rings (SSSR count). The van der Waals surface area contributed by atoms with E-state index in [0.29, 0.717) is 11.4 Å². The maximum absolute atomic E-state index is 13.6. The van der Waals surface area contributed by atoms with Crippen molar-refractivity contribution in [1.82, 2.24) is 10.3 Å². The summed E-state index contributed by atoms with van der Waals surface area (Å²) in [5.74, 6) is 0.965. The van der Waals surface area contributed by atoms with Gasteiger partial charge in [0, 0.05) is 18.3 Å². The minimum Gasteiger partial charge on any atom is -0.472 e. The molecule has 1 aromatic heterocycles. The molecule has 2 heterocycles. The fraction of sp³-hybridized carbons (Fsp3) is 0.200. The number of hydrogen-bond donors (Lipinski definition) is 1. The second-order valence-electron chi connectivity index (χ2n) is 4.39. The lowest BCUT2D eigenvalue weighted by atomic mass is 10.2. The van der Waals surface area contributed by atoms with E-state index in [1.807, 2.05) is 12.1 Å². The van der Waals surface area contributed by atoms with Gasteiger partial charge in [-0.3, -0.25) is 4.99 Å². The third kappa shape index (κ3) is 2.61. The van der Waals surface area contributed by atoms with E-state index >= 15 is 0 Å². The van der Waals surface area contributed by atoms with Crippen LogP contribution < -0.4 is 10.1 Å². The number of benzene rings is 1. The Hall–Kier alpha value is -2.43. The van der Waals surface area contributed by atoms with Crippen LogP contribution >= 0.6 is 0 Å². The van der Waals surface area contributed by atoms with Crippen LogP contribution in [-0.2, 0) is 6.61 Å². The Labute approximate surface area is 116 Å². The number of hydrogen-bond acceptors (Lipinski definition) is 4. The van der Waals surface area contributed by atoms with Crippen LogP contribution in [0.4, 0.5) is 4.39 Å². The summed E-state index contributed by atoms with van der Waals surface area (Å²) in [5.41, 5.74) is 1.31. The zero-order valence-corrected chi connectivity index (χ0v) is 10.8. The Kier molecular flexibility index (Phi) is 3.58. The molecular formula is C15H14FN3O. The van der Waals surface area contributed by atoms with Gasteiger partial charge in [0.05, 0.1) is 12.1 Å². The first-order valence-electron chi connectivity index (χ1n) is 6.44. The number of rotatable bonds is 4. The summed E-state index contributed by atoms with van der Waals surface area (Å²) < 4.78 is 19.2. The molecule has 0 amide bonds. The van der Waals surface area contributed by atoms with Crippen LogP contribution in [0.15, 0.2) is 47.6 Å². The van der Waals surface area contributed by atoms with Crippen molar-refractivity contribution >= 4 is 5.84 Å². The van der Waals surface area contributed by atoms with Gasteiger partial charge in [0.25, 0.3) is 0 Å². The Balaban J connectivity index is 1.79. The van der Waals surface area contributed by atoms with E-state index in [2.05, 4.69) is 15.3 Å². The van der Waals surface area contributed by atoms with Gasteiger partial charge in [-0.15, -0.1) is 0 Å². The normalized spacial score (nSPS) is 13.8. The number of nitrogens with one attached hydrogen (secondary N) is 1. The molecule has 0 fully saturated rings. The highest BCUT2D eigenvalue weighted by Crippen LogP contribution is 2.18. The summed E-state index contributed by atoms with van der Waals surface area (Å²) in [6, 6.07) is 10.3. The molecule has 1 aliphatic heterocycles. The molecule has 0 spiro atoms. The summed E-state index contributed by atoms with van der Waals surface area (Å²) in [7, 11) is 0. The van der Waals surface area contributed by atoms with E-state index in [0.717, 1.165) is 24.5 Å². The quantitative estimate of drug-likeness (QED) is 0.926. The molecule has 0 unspecified atom stereocenters. The second-order valence-corrected chi connectivity index (χ2v) is 4.39. The second kappa shape index (κ2) is 5.69. The monoisotopic (exact) mass is 271 g/mol. The molecule has 0 saturated heterocycles. The minimum atomic E-state index is -0.277. The van der Waals surface area contributed by atoms with Crippen molar-refractivity contribution in [1.29, 1.82) is 0 Å². The van der Waals surface area contributed by atoms with Crippen LogP contribution in [0, 0.1) is 5.82 Å². The van der Waals surface area contributed by atoms with Gasteiger partial charge in [-0.2, -0.15) is 0 Å². The molecule has 0 aliphatic carbocycles. The molecule has 0 radical (unpaired) electrons. The van der Waals surface area contributed by atoms with Gasteiger partial charge < -0.3 is 10.1 Å². The zero-order valence-electron chi connectivity index (χ0n) is 10.8. The van der Waals surface area contributed by atoms with Gasteiger partial charge in [0.1, 0.15) is 18.3 Å². The molecule has 4 nitrogen and oxygen atoms in total. The van der Waals surface area contributed by atoms with Crippen LogP contribution in [0.3, 0.4) is 0 Å². The van der Waals surface area contributed by atoms with Gasteiger partial charge >= 0.3 is 0 Å².